The Morgan fingerprint density at radius 3 is 2.76 bits per heavy atom. The molecule has 4 heteroatoms. The zero-order valence-corrected chi connectivity index (χ0v) is 9.96. The average Bonchev–Trinajstić information content (AvgIpc) is 2.27. The van der Waals surface area contributed by atoms with E-state index < -0.39 is 5.97 Å². The lowest BCUT2D eigenvalue weighted by Gasteiger charge is -2.10. The molecule has 92 valence electrons. The molecule has 3 nitrogen and oxygen atoms in total. The third-order valence-electron chi connectivity index (χ3n) is 2.10. The highest BCUT2D eigenvalue weighted by atomic mass is 19.1. The summed E-state index contributed by atoms with van der Waals surface area (Å²) < 4.78 is 22.9. The number of halogens is 1. The van der Waals surface area contributed by atoms with Crippen LogP contribution in [0.4, 0.5) is 4.39 Å². The van der Waals surface area contributed by atoms with Gasteiger partial charge in [0.25, 0.3) is 0 Å². The maximum atomic E-state index is 12.8. The van der Waals surface area contributed by atoms with E-state index in [1.807, 2.05) is 0 Å². The van der Waals surface area contributed by atoms with Crippen molar-refractivity contribution < 1.29 is 18.7 Å². The van der Waals surface area contributed by atoms with Gasteiger partial charge < -0.3 is 9.47 Å². The van der Waals surface area contributed by atoms with Crippen molar-refractivity contribution in [1.82, 2.24) is 0 Å². The van der Waals surface area contributed by atoms with Gasteiger partial charge in [-0.1, -0.05) is 6.58 Å². The van der Waals surface area contributed by atoms with E-state index in [-0.39, 0.29) is 18.0 Å². The summed E-state index contributed by atoms with van der Waals surface area (Å²) >= 11 is 0. The number of aryl methyl sites for hydroxylation is 1. The van der Waals surface area contributed by atoms with Crippen LogP contribution in [-0.2, 0) is 9.53 Å². The van der Waals surface area contributed by atoms with Crippen molar-refractivity contribution in [1.29, 1.82) is 0 Å². The molecule has 0 bridgehead atoms. The first kappa shape index (κ1) is 13.2. The molecule has 0 spiro atoms. The molecule has 0 amide bonds. The first-order valence-corrected chi connectivity index (χ1v) is 5.28. The summed E-state index contributed by atoms with van der Waals surface area (Å²) in [6.07, 6.45) is 0. The van der Waals surface area contributed by atoms with Crippen LogP contribution in [0, 0.1) is 12.7 Å². The first-order chi connectivity index (χ1) is 8.04. The molecule has 1 aromatic rings. The first-order valence-electron chi connectivity index (χ1n) is 5.28. The Bertz CT molecular complexity index is 427. The highest BCUT2D eigenvalue weighted by Gasteiger charge is 2.09. The van der Waals surface area contributed by atoms with Crippen molar-refractivity contribution in [3.8, 4) is 5.75 Å². The smallest absolute Gasteiger partial charge is 0.336 e. The van der Waals surface area contributed by atoms with Gasteiger partial charge in [-0.3, -0.25) is 0 Å². The Morgan fingerprint density at radius 1 is 1.47 bits per heavy atom. The molecule has 0 atom stereocenters. The highest BCUT2D eigenvalue weighted by molar-refractivity contribution is 5.88. The number of carbonyl (C=O) groups is 1. The standard InChI is InChI=1S/C13H15FO3/c1-4-16-13(15)10(3)8-17-12-6-5-11(14)7-9(12)2/h5-7H,3-4,8H2,1-2H3. The Labute approximate surface area is 99.9 Å². The molecule has 0 aliphatic heterocycles. The number of ether oxygens (including phenoxy) is 2. The summed E-state index contributed by atoms with van der Waals surface area (Å²) in [5, 5.41) is 0. The fourth-order valence-corrected chi connectivity index (χ4v) is 1.23. The molecular weight excluding hydrogens is 223 g/mol. The predicted molar refractivity (Wildman–Crippen MR) is 62.4 cm³/mol. The van der Waals surface area contributed by atoms with Crippen LogP contribution < -0.4 is 4.74 Å². The molecule has 0 saturated carbocycles. The normalized spacial score (nSPS) is 9.82. The van der Waals surface area contributed by atoms with E-state index in [9.17, 15) is 9.18 Å². The fraction of sp³-hybridized carbons (Fsp3) is 0.308. The van der Waals surface area contributed by atoms with E-state index >= 15 is 0 Å². The van der Waals surface area contributed by atoms with Gasteiger partial charge in [-0.05, 0) is 37.6 Å². The molecule has 0 aliphatic carbocycles. The van der Waals surface area contributed by atoms with Gasteiger partial charge in [0.05, 0.1) is 12.2 Å². The maximum absolute atomic E-state index is 12.8. The number of carbonyl (C=O) groups excluding carboxylic acids is 1. The number of rotatable bonds is 5. The fourth-order valence-electron chi connectivity index (χ4n) is 1.23. The number of benzene rings is 1. The highest BCUT2D eigenvalue weighted by Crippen LogP contribution is 2.18. The maximum Gasteiger partial charge on any atom is 0.336 e. The molecule has 0 unspecified atom stereocenters. The number of hydrogen-bond acceptors (Lipinski definition) is 3. The quantitative estimate of drug-likeness (QED) is 0.584. The minimum absolute atomic E-state index is 0.0330. The van der Waals surface area contributed by atoms with Crippen molar-refractivity contribution in [2.75, 3.05) is 13.2 Å². The van der Waals surface area contributed by atoms with Gasteiger partial charge in [0.1, 0.15) is 18.2 Å². The predicted octanol–water partition coefficient (Wildman–Crippen LogP) is 2.63. The molecule has 0 saturated heterocycles. The second-order valence-corrected chi connectivity index (χ2v) is 3.52. The van der Waals surface area contributed by atoms with E-state index in [1.165, 1.54) is 18.2 Å². The molecule has 0 heterocycles. The lowest BCUT2D eigenvalue weighted by atomic mass is 10.2. The summed E-state index contributed by atoms with van der Waals surface area (Å²) in [5.41, 5.74) is 0.900. The van der Waals surface area contributed by atoms with Gasteiger partial charge >= 0.3 is 5.97 Å². The Kier molecular flexibility index (Phi) is 4.69. The van der Waals surface area contributed by atoms with E-state index in [0.717, 1.165) is 0 Å². The molecular formula is C13H15FO3. The number of hydrogen-bond donors (Lipinski definition) is 0. The minimum Gasteiger partial charge on any atom is -0.488 e. The van der Waals surface area contributed by atoms with Crippen LogP contribution in [0.25, 0.3) is 0 Å². The van der Waals surface area contributed by atoms with Crippen LogP contribution in [0.5, 0.6) is 5.75 Å². The van der Waals surface area contributed by atoms with Crippen LogP contribution in [0.3, 0.4) is 0 Å². The average molecular weight is 238 g/mol. The summed E-state index contributed by atoms with van der Waals surface area (Å²) in [7, 11) is 0. The van der Waals surface area contributed by atoms with Crippen molar-refractivity contribution >= 4 is 5.97 Å². The van der Waals surface area contributed by atoms with Gasteiger partial charge in [0.2, 0.25) is 0 Å². The van der Waals surface area contributed by atoms with Crippen LogP contribution in [0.2, 0.25) is 0 Å². The van der Waals surface area contributed by atoms with Gasteiger partial charge in [-0.15, -0.1) is 0 Å². The summed E-state index contributed by atoms with van der Waals surface area (Å²) in [4.78, 5) is 11.2. The second kappa shape index (κ2) is 6.03. The van der Waals surface area contributed by atoms with Crippen LogP contribution >= 0.6 is 0 Å². The summed E-state index contributed by atoms with van der Waals surface area (Å²) in [6, 6.07) is 4.18. The SMILES string of the molecule is C=C(COc1ccc(F)cc1C)C(=O)OCC. The third-order valence-corrected chi connectivity index (χ3v) is 2.10. The third kappa shape index (κ3) is 3.90. The van der Waals surface area contributed by atoms with Crippen LogP contribution in [0.1, 0.15) is 12.5 Å². The van der Waals surface area contributed by atoms with Crippen molar-refractivity contribution in [3.63, 3.8) is 0 Å². The monoisotopic (exact) mass is 238 g/mol. The Hall–Kier alpha value is -1.84. The Balaban J connectivity index is 2.56. The molecule has 0 fully saturated rings. The van der Waals surface area contributed by atoms with Crippen LogP contribution in [-0.4, -0.2) is 19.2 Å². The topological polar surface area (TPSA) is 35.5 Å². The van der Waals surface area contributed by atoms with E-state index in [0.29, 0.717) is 17.9 Å². The lowest BCUT2D eigenvalue weighted by Crippen LogP contribution is -2.13. The zero-order chi connectivity index (χ0) is 12.8. The molecule has 0 radical (unpaired) electrons. The van der Waals surface area contributed by atoms with Crippen molar-refractivity contribution in [3.05, 3.63) is 41.7 Å². The van der Waals surface area contributed by atoms with E-state index in [1.54, 1.807) is 13.8 Å². The molecule has 1 aromatic carbocycles. The van der Waals surface area contributed by atoms with Gasteiger partial charge in [-0.2, -0.15) is 0 Å². The minimum atomic E-state index is -0.479. The molecule has 0 aromatic heterocycles. The summed E-state index contributed by atoms with van der Waals surface area (Å²) in [6.45, 7) is 7.34. The largest absolute Gasteiger partial charge is 0.488 e. The molecule has 0 aliphatic rings. The number of esters is 1. The second-order valence-electron chi connectivity index (χ2n) is 3.52. The van der Waals surface area contributed by atoms with E-state index in [2.05, 4.69) is 6.58 Å². The summed E-state index contributed by atoms with van der Waals surface area (Å²) in [5.74, 6) is -0.275. The van der Waals surface area contributed by atoms with Gasteiger partial charge in [0.15, 0.2) is 0 Å². The van der Waals surface area contributed by atoms with Gasteiger partial charge in [-0.25, -0.2) is 9.18 Å². The molecule has 1 rings (SSSR count). The van der Waals surface area contributed by atoms with E-state index in [4.69, 9.17) is 9.47 Å². The molecule has 0 N–H and O–H groups in total. The van der Waals surface area contributed by atoms with Crippen LogP contribution in [0.15, 0.2) is 30.4 Å². The zero-order valence-electron chi connectivity index (χ0n) is 9.96. The van der Waals surface area contributed by atoms with Crippen molar-refractivity contribution in [2.24, 2.45) is 0 Å². The van der Waals surface area contributed by atoms with Crippen molar-refractivity contribution in [2.45, 2.75) is 13.8 Å². The van der Waals surface area contributed by atoms with Gasteiger partial charge in [0, 0.05) is 0 Å². The molecule has 17 heavy (non-hydrogen) atoms. The Morgan fingerprint density at radius 2 is 2.18 bits per heavy atom. The lowest BCUT2D eigenvalue weighted by molar-refractivity contribution is -0.138.